The van der Waals surface area contributed by atoms with E-state index in [2.05, 4.69) is 4.98 Å². The lowest BCUT2D eigenvalue weighted by atomic mass is 10.2. The second-order valence-corrected chi connectivity index (χ2v) is 3.57. The van der Waals surface area contributed by atoms with Crippen molar-refractivity contribution < 1.29 is 9.84 Å². The fraction of sp³-hybridized carbons (Fsp3) is 0.0833. The van der Waals surface area contributed by atoms with Crippen LogP contribution in [0, 0.1) is 0 Å². The molecule has 16 heavy (non-hydrogen) atoms. The van der Waals surface area contributed by atoms with Crippen LogP contribution in [0.5, 0.6) is 11.5 Å². The van der Waals surface area contributed by atoms with Crippen LogP contribution in [0.1, 0.15) is 5.56 Å². The average Bonchev–Trinajstić information content (AvgIpc) is 2.30. The molecular weight excluding hydrogens is 226 g/mol. The van der Waals surface area contributed by atoms with E-state index < -0.39 is 0 Å². The van der Waals surface area contributed by atoms with E-state index in [4.69, 9.17) is 21.4 Å². The SMILES string of the molecule is OCc1ccccc1Oc1ccnc(Cl)c1. The van der Waals surface area contributed by atoms with Gasteiger partial charge < -0.3 is 9.84 Å². The summed E-state index contributed by atoms with van der Waals surface area (Å²) < 4.78 is 5.60. The Labute approximate surface area is 98.3 Å². The molecule has 0 bridgehead atoms. The first-order valence-electron chi connectivity index (χ1n) is 4.78. The summed E-state index contributed by atoms with van der Waals surface area (Å²) in [5, 5.41) is 9.51. The smallest absolute Gasteiger partial charge is 0.132 e. The molecule has 2 rings (SSSR count). The number of aliphatic hydroxyl groups is 1. The van der Waals surface area contributed by atoms with Gasteiger partial charge in [-0.15, -0.1) is 0 Å². The zero-order valence-corrected chi connectivity index (χ0v) is 9.19. The third-order valence-electron chi connectivity index (χ3n) is 2.07. The van der Waals surface area contributed by atoms with Gasteiger partial charge in [-0.2, -0.15) is 0 Å². The average molecular weight is 236 g/mol. The molecule has 0 spiro atoms. The Hall–Kier alpha value is -1.58. The summed E-state index contributed by atoms with van der Waals surface area (Å²) >= 11 is 5.74. The van der Waals surface area contributed by atoms with Crippen LogP contribution in [-0.4, -0.2) is 10.1 Å². The van der Waals surface area contributed by atoms with Crippen LogP contribution in [0.15, 0.2) is 42.6 Å². The molecule has 0 aliphatic heterocycles. The molecule has 0 aliphatic carbocycles. The van der Waals surface area contributed by atoms with Crippen LogP contribution >= 0.6 is 11.6 Å². The highest BCUT2D eigenvalue weighted by Crippen LogP contribution is 2.26. The number of hydrogen-bond acceptors (Lipinski definition) is 3. The van der Waals surface area contributed by atoms with Crippen molar-refractivity contribution in [2.75, 3.05) is 0 Å². The van der Waals surface area contributed by atoms with Crippen molar-refractivity contribution in [3.8, 4) is 11.5 Å². The maximum Gasteiger partial charge on any atom is 0.132 e. The number of hydrogen-bond donors (Lipinski definition) is 1. The second kappa shape index (κ2) is 4.96. The highest BCUT2D eigenvalue weighted by Gasteiger charge is 2.03. The van der Waals surface area contributed by atoms with Gasteiger partial charge in [-0.25, -0.2) is 4.98 Å². The van der Waals surface area contributed by atoms with Crippen molar-refractivity contribution in [1.82, 2.24) is 4.98 Å². The van der Waals surface area contributed by atoms with Crippen LogP contribution in [0.25, 0.3) is 0 Å². The molecule has 0 radical (unpaired) electrons. The van der Waals surface area contributed by atoms with E-state index in [1.807, 2.05) is 12.1 Å². The van der Waals surface area contributed by atoms with Gasteiger partial charge in [-0.3, -0.25) is 0 Å². The monoisotopic (exact) mass is 235 g/mol. The minimum Gasteiger partial charge on any atom is -0.457 e. The van der Waals surface area contributed by atoms with Gasteiger partial charge in [0.2, 0.25) is 0 Å². The molecule has 0 fully saturated rings. The lowest BCUT2D eigenvalue weighted by Crippen LogP contribution is -1.91. The molecule has 1 aromatic heterocycles. The number of rotatable bonds is 3. The first-order chi connectivity index (χ1) is 7.79. The Morgan fingerprint density at radius 1 is 1.25 bits per heavy atom. The summed E-state index contributed by atoms with van der Waals surface area (Å²) in [6, 6.07) is 10.6. The molecule has 2 aromatic rings. The molecule has 0 aliphatic rings. The molecule has 1 heterocycles. The van der Waals surface area contributed by atoms with Gasteiger partial charge in [0.1, 0.15) is 16.7 Å². The number of pyridine rings is 1. The molecule has 1 aromatic carbocycles. The van der Waals surface area contributed by atoms with E-state index in [1.165, 1.54) is 0 Å². The lowest BCUT2D eigenvalue weighted by Gasteiger charge is -2.09. The fourth-order valence-electron chi connectivity index (χ4n) is 1.31. The summed E-state index contributed by atoms with van der Waals surface area (Å²) in [5.74, 6) is 1.22. The molecule has 3 nitrogen and oxygen atoms in total. The van der Waals surface area contributed by atoms with Gasteiger partial charge in [0.15, 0.2) is 0 Å². The first-order valence-corrected chi connectivity index (χ1v) is 5.15. The maximum absolute atomic E-state index is 9.13. The molecule has 0 amide bonds. The van der Waals surface area contributed by atoms with Crippen molar-refractivity contribution in [2.45, 2.75) is 6.61 Å². The summed E-state index contributed by atoms with van der Waals surface area (Å²) in [5.41, 5.74) is 0.732. The summed E-state index contributed by atoms with van der Waals surface area (Å²) in [4.78, 5) is 3.86. The standard InChI is InChI=1S/C12H10ClNO2/c13-12-7-10(5-6-14-12)16-11-4-2-1-3-9(11)8-15/h1-7,15H,8H2. The van der Waals surface area contributed by atoms with Crippen molar-refractivity contribution >= 4 is 11.6 Å². The Morgan fingerprint density at radius 3 is 2.81 bits per heavy atom. The lowest BCUT2D eigenvalue weighted by molar-refractivity contribution is 0.276. The molecule has 4 heteroatoms. The van der Waals surface area contributed by atoms with Crippen LogP contribution in [0.2, 0.25) is 5.15 Å². The van der Waals surface area contributed by atoms with Crippen molar-refractivity contribution in [1.29, 1.82) is 0 Å². The van der Waals surface area contributed by atoms with E-state index in [9.17, 15) is 0 Å². The van der Waals surface area contributed by atoms with E-state index in [1.54, 1.807) is 30.5 Å². The normalized spacial score (nSPS) is 10.1. The third-order valence-corrected chi connectivity index (χ3v) is 2.28. The van der Waals surface area contributed by atoms with Gasteiger partial charge >= 0.3 is 0 Å². The van der Waals surface area contributed by atoms with Crippen LogP contribution in [0.3, 0.4) is 0 Å². The summed E-state index contributed by atoms with van der Waals surface area (Å²) in [6.07, 6.45) is 1.57. The van der Waals surface area contributed by atoms with Crippen molar-refractivity contribution in [3.05, 3.63) is 53.3 Å². The van der Waals surface area contributed by atoms with Crippen molar-refractivity contribution in [3.63, 3.8) is 0 Å². The second-order valence-electron chi connectivity index (χ2n) is 3.18. The van der Waals surface area contributed by atoms with E-state index >= 15 is 0 Å². The topological polar surface area (TPSA) is 42.4 Å². The number of ether oxygens (including phenoxy) is 1. The minimum atomic E-state index is -0.0605. The van der Waals surface area contributed by atoms with E-state index in [0.29, 0.717) is 16.7 Å². The predicted octanol–water partition coefficient (Wildman–Crippen LogP) is 3.02. The molecule has 82 valence electrons. The van der Waals surface area contributed by atoms with Gasteiger partial charge in [-0.05, 0) is 12.1 Å². The number of benzene rings is 1. The first kappa shape index (κ1) is 10.9. The highest BCUT2D eigenvalue weighted by atomic mass is 35.5. The Bertz CT molecular complexity index is 488. The van der Waals surface area contributed by atoms with E-state index in [-0.39, 0.29) is 6.61 Å². The molecule has 0 saturated heterocycles. The quantitative estimate of drug-likeness (QED) is 0.832. The molecule has 0 atom stereocenters. The van der Waals surface area contributed by atoms with Crippen LogP contribution in [-0.2, 0) is 6.61 Å². The molecular formula is C12H10ClNO2. The Morgan fingerprint density at radius 2 is 2.06 bits per heavy atom. The fourth-order valence-corrected chi connectivity index (χ4v) is 1.47. The number of halogens is 1. The minimum absolute atomic E-state index is 0.0605. The Balaban J connectivity index is 2.26. The van der Waals surface area contributed by atoms with Gasteiger partial charge in [0.05, 0.1) is 6.61 Å². The molecule has 0 unspecified atom stereocenters. The molecule has 0 saturated carbocycles. The van der Waals surface area contributed by atoms with Crippen molar-refractivity contribution in [2.24, 2.45) is 0 Å². The number of para-hydroxylation sites is 1. The van der Waals surface area contributed by atoms with Crippen LogP contribution < -0.4 is 4.74 Å². The summed E-state index contributed by atoms with van der Waals surface area (Å²) in [6.45, 7) is -0.0605. The van der Waals surface area contributed by atoms with E-state index in [0.717, 1.165) is 5.56 Å². The zero-order valence-electron chi connectivity index (χ0n) is 8.43. The van der Waals surface area contributed by atoms with Gasteiger partial charge in [-0.1, -0.05) is 29.8 Å². The highest BCUT2D eigenvalue weighted by molar-refractivity contribution is 6.29. The van der Waals surface area contributed by atoms with Gasteiger partial charge in [0.25, 0.3) is 0 Å². The maximum atomic E-state index is 9.13. The Kier molecular flexibility index (Phi) is 3.39. The number of aliphatic hydroxyl groups excluding tert-OH is 1. The van der Waals surface area contributed by atoms with Gasteiger partial charge in [0, 0.05) is 17.8 Å². The number of nitrogens with zero attached hydrogens (tertiary/aromatic N) is 1. The van der Waals surface area contributed by atoms with Crippen LogP contribution in [0.4, 0.5) is 0 Å². The summed E-state index contributed by atoms with van der Waals surface area (Å²) in [7, 11) is 0. The zero-order chi connectivity index (χ0) is 11.4. The molecule has 1 N–H and O–H groups in total. The third kappa shape index (κ3) is 2.51. The predicted molar refractivity (Wildman–Crippen MR) is 61.7 cm³/mol. The number of aromatic nitrogens is 1. The largest absolute Gasteiger partial charge is 0.457 e.